The van der Waals surface area contributed by atoms with Gasteiger partial charge in [0.25, 0.3) is 0 Å². The number of fused-ring (bicyclic) bond motifs is 2. The third-order valence-electron chi connectivity index (χ3n) is 6.60. The van der Waals surface area contributed by atoms with Crippen molar-refractivity contribution in [3.05, 3.63) is 64.2 Å². The molecule has 2 aliphatic rings. The summed E-state index contributed by atoms with van der Waals surface area (Å²) >= 11 is 0. The number of carbonyl (C=O) groups excluding carboxylic acids is 1. The summed E-state index contributed by atoms with van der Waals surface area (Å²) in [7, 11) is 0. The number of benzene rings is 2. The summed E-state index contributed by atoms with van der Waals surface area (Å²) < 4.78 is 0. The Balaban J connectivity index is 2.15. The lowest BCUT2D eigenvalue weighted by atomic mass is 9.64. The van der Waals surface area contributed by atoms with Crippen molar-refractivity contribution in [1.29, 1.82) is 0 Å². The van der Waals surface area contributed by atoms with Crippen LogP contribution in [0.3, 0.4) is 0 Å². The summed E-state index contributed by atoms with van der Waals surface area (Å²) in [6, 6.07) is 8.37. The van der Waals surface area contributed by atoms with Crippen LogP contribution in [0.4, 0.5) is 0 Å². The van der Waals surface area contributed by atoms with Gasteiger partial charge in [0.1, 0.15) is 5.75 Å². The molecule has 0 saturated heterocycles. The zero-order valence-corrected chi connectivity index (χ0v) is 17.6. The SMILES string of the molecule is CC(=O)c1cc2c(c(-c3cccc4c3CCCC4)c1O)C(C)(C)C=CC2(C)C. The molecule has 0 spiro atoms. The van der Waals surface area contributed by atoms with E-state index in [1.54, 1.807) is 6.92 Å². The van der Waals surface area contributed by atoms with E-state index in [1.807, 2.05) is 6.07 Å². The smallest absolute Gasteiger partial charge is 0.163 e. The first-order valence-corrected chi connectivity index (χ1v) is 10.4. The van der Waals surface area contributed by atoms with Crippen molar-refractivity contribution in [2.24, 2.45) is 0 Å². The van der Waals surface area contributed by atoms with E-state index in [2.05, 4.69) is 58.0 Å². The maximum Gasteiger partial charge on any atom is 0.163 e. The fraction of sp³-hybridized carbons (Fsp3) is 0.423. The van der Waals surface area contributed by atoms with Crippen LogP contribution in [0.2, 0.25) is 0 Å². The molecule has 0 aliphatic heterocycles. The van der Waals surface area contributed by atoms with Crippen LogP contribution in [0, 0.1) is 0 Å². The lowest BCUT2D eigenvalue weighted by molar-refractivity contribution is 0.101. The molecular formula is C26H30O2. The van der Waals surface area contributed by atoms with E-state index in [0.717, 1.165) is 35.1 Å². The molecule has 0 unspecified atom stereocenters. The van der Waals surface area contributed by atoms with Crippen LogP contribution in [-0.2, 0) is 23.7 Å². The molecule has 2 aliphatic carbocycles. The molecular weight excluding hydrogens is 344 g/mol. The van der Waals surface area contributed by atoms with Crippen molar-refractivity contribution in [2.75, 3.05) is 0 Å². The van der Waals surface area contributed by atoms with Crippen LogP contribution in [-0.4, -0.2) is 10.9 Å². The second kappa shape index (κ2) is 6.34. The number of ketones is 1. The number of hydrogen-bond acceptors (Lipinski definition) is 2. The van der Waals surface area contributed by atoms with Gasteiger partial charge in [0.05, 0.1) is 5.56 Å². The Morgan fingerprint density at radius 3 is 2.39 bits per heavy atom. The number of carbonyl (C=O) groups is 1. The Labute approximate surface area is 168 Å². The van der Waals surface area contributed by atoms with Crippen molar-refractivity contribution in [3.8, 4) is 16.9 Å². The lowest BCUT2D eigenvalue weighted by Crippen LogP contribution is -2.30. The summed E-state index contributed by atoms with van der Waals surface area (Å²) in [6.07, 6.45) is 9.00. The van der Waals surface area contributed by atoms with E-state index in [9.17, 15) is 9.90 Å². The normalized spacial score (nSPS) is 19.0. The Morgan fingerprint density at radius 2 is 1.68 bits per heavy atom. The van der Waals surface area contributed by atoms with Crippen molar-refractivity contribution in [2.45, 2.75) is 71.1 Å². The largest absolute Gasteiger partial charge is 0.507 e. The van der Waals surface area contributed by atoms with Gasteiger partial charge in [0, 0.05) is 16.4 Å². The molecule has 0 radical (unpaired) electrons. The maximum atomic E-state index is 12.4. The molecule has 2 nitrogen and oxygen atoms in total. The zero-order chi connectivity index (χ0) is 20.3. The van der Waals surface area contributed by atoms with Crippen molar-refractivity contribution < 1.29 is 9.90 Å². The highest BCUT2D eigenvalue weighted by molar-refractivity contribution is 6.01. The summed E-state index contributed by atoms with van der Waals surface area (Å²) in [5, 5.41) is 11.3. The van der Waals surface area contributed by atoms with E-state index in [4.69, 9.17) is 0 Å². The first kappa shape index (κ1) is 19.0. The molecule has 28 heavy (non-hydrogen) atoms. The van der Waals surface area contributed by atoms with E-state index in [-0.39, 0.29) is 22.4 Å². The van der Waals surface area contributed by atoms with Gasteiger partial charge < -0.3 is 5.11 Å². The van der Waals surface area contributed by atoms with Gasteiger partial charge in [-0.1, -0.05) is 58.0 Å². The highest BCUT2D eigenvalue weighted by Gasteiger charge is 2.38. The van der Waals surface area contributed by atoms with Crippen LogP contribution in [0.5, 0.6) is 5.75 Å². The number of hydrogen-bond donors (Lipinski definition) is 1. The molecule has 1 N–H and O–H groups in total. The molecule has 0 saturated carbocycles. The molecule has 2 aromatic rings. The summed E-state index contributed by atoms with van der Waals surface area (Å²) in [5.74, 6) is 0.0545. The van der Waals surface area contributed by atoms with Gasteiger partial charge in [-0.05, 0) is 66.5 Å². The van der Waals surface area contributed by atoms with Crippen molar-refractivity contribution in [3.63, 3.8) is 0 Å². The second-order valence-corrected chi connectivity index (χ2v) is 9.55. The van der Waals surface area contributed by atoms with Gasteiger partial charge in [0.15, 0.2) is 5.78 Å². The number of aryl methyl sites for hydroxylation is 1. The summed E-state index contributed by atoms with van der Waals surface area (Å²) in [5.41, 5.74) is 7.02. The van der Waals surface area contributed by atoms with E-state index in [0.29, 0.717) is 5.56 Å². The Kier molecular flexibility index (Phi) is 4.30. The number of phenolic OH excluding ortho intramolecular Hbond substituents is 1. The predicted octanol–water partition coefficient (Wildman–Crippen LogP) is 6.27. The van der Waals surface area contributed by atoms with Gasteiger partial charge in [-0.2, -0.15) is 0 Å². The number of allylic oxidation sites excluding steroid dienone is 2. The minimum absolute atomic E-state index is 0.0884. The van der Waals surface area contributed by atoms with Gasteiger partial charge in [-0.15, -0.1) is 0 Å². The molecule has 0 aromatic heterocycles. The van der Waals surface area contributed by atoms with Gasteiger partial charge >= 0.3 is 0 Å². The molecule has 0 fully saturated rings. The molecule has 0 amide bonds. The third kappa shape index (κ3) is 2.82. The van der Waals surface area contributed by atoms with E-state index < -0.39 is 0 Å². The molecule has 0 heterocycles. The van der Waals surface area contributed by atoms with Crippen molar-refractivity contribution in [1.82, 2.24) is 0 Å². The Morgan fingerprint density at radius 1 is 1.00 bits per heavy atom. The highest BCUT2D eigenvalue weighted by atomic mass is 16.3. The molecule has 146 valence electrons. The summed E-state index contributed by atoms with van der Waals surface area (Å²) in [4.78, 5) is 12.4. The fourth-order valence-corrected chi connectivity index (χ4v) is 4.99. The van der Waals surface area contributed by atoms with Gasteiger partial charge in [-0.25, -0.2) is 0 Å². The number of phenols is 1. The van der Waals surface area contributed by atoms with Crippen LogP contribution in [0.1, 0.15) is 80.1 Å². The van der Waals surface area contributed by atoms with Gasteiger partial charge in [-0.3, -0.25) is 4.79 Å². The first-order chi connectivity index (χ1) is 13.1. The lowest BCUT2D eigenvalue weighted by Gasteiger charge is -2.39. The average molecular weight is 375 g/mol. The minimum Gasteiger partial charge on any atom is -0.507 e. The van der Waals surface area contributed by atoms with Crippen LogP contribution in [0.15, 0.2) is 36.4 Å². The molecule has 2 aromatic carbocycles. The topological polar surface area (TPSA) is 37.3 Å². The van der Waals surface area contributed by atoms with Crippen LogP contribution >= 0.6 is 0 Å². The van der Waals surface area contributed by atoms with E-state index >= 15 is 0 Å². The first-order valence-electron chi connectivity index (χ1n) is 10.4. The molecule has 2 heteroatoms. The molecule has 4 rings (SSSR count). The number of rotatable bonds is 2. The van der Waals surface area contributed by atoms with Crippen LogP contribution in [0.25, 0.3) is 11.1 Å². The van der Waals surface area contributed by atoms with Crippen molar-refractivity contribution >= 4 is 5.78 Å². The number of aromatic hydroxyl groups is 1. The predicted molar refractivity (Wildman–Crippen MR) is 115 cm³/mol. The highest BCUT2D eigenvalue weighted by Crippen LogP contribution is 2.51. The minimum atomic E-state index is -0.218. The van der Waals surface area contributed by atoms with E-state index in [1.165, 1.54) is 24.0 Å². The molecule has 0 atom stereocenters. The number of Topliss-reactive ketones (excluding diaryl/α,β-unsaturated/α-hetero) is 1. The fourth-order valence-electron chi connectivity index (χ4n) is 4.99. The Bertz CT molecular complexity index is 1010. The Hall–Kier alpha value is -2.35. The average Bonchev–Trinajstić information content (AvgIpc) is 2.64. The van der Waals surface area contributed by atoms with Gasteiger partial charge in [0.2, 0.25) is 0 Å². The molecule has 0 bridgehead atoms. The second-order valence-electron chi connectivity index (χ2n) is 9.55. The monoisotopic (exact) mass is 374 g/mol. The van der Waals surface area contributed by atoms with Crippen LogP contribution < -0.4 is 0 Å². The standard InChI is InChI=1S/C26H30O2/c1-16(27)20-15-21-23(26(4,5)14-13-25(21,2)3)22(24(20)28)19-12-8-10-17-9-6-7-11-18(17)19/h8,10,12-15,28H,6-7,9,11H2,1-5H3. The summed E-state index contributed by atoms with van der Waals surface area (Å²) in [6.45, 7) is 10.3. The maximum absolute atomic E-state index is 12.4. The zero-order valence-electron chi connectivity index (χ0n) is 17.6. The quantitative estimate of drug-likeness (QED) is 0.497. The third-order valence-corrected chi connectivity index (χ3v) is 6.60.